The topological polar surface area (TPSA) is 41.6 Å². The van der Waals surface area contributed by atoms with Crippen LogP contribution in [0.4, 0.5) is 0 Å². The summed E-state index contributed by atoms with van der Waals surface area (Å²) in [5.41, 5.74) is 0. The Morgan fingerprint density at radius 3 is 2.60 bits per heavy atom. The van der Waals surface area contributed by atoms with E-state index in [1.54, 1.807) is 0 Å². The van der Waals surface area contributed by atoms with Gasteiger partial charge in [-0.2, -0.15) is 0 Å². The van der Waals surface area contributed by atoms with Gasteiger partial charge < -0.3 is 4.98 Å². The quantitative estimate of drug-likeness (QED) is 0.754. The largest absolute Gasteiger partial charge is 0.319 e. The van der Waals surface area contributed by atoms with E-state index in [1.807, 2.05) is 0 Å². The van der Waals surface area contributed by atoms with Crippen molar-refractivity contribution in [2.75, 3.05) is 0 Å². The van der Waals surface area contributed by atoms with Gasteiger partial charge in [0.1, 0.15) is 5.82 Å². The highest BCUT2D eigenvalue weighted by molar-refractivity contribution is 9.10. The van der Waals surface area contributed by atoms with Gasteiger partial charge in [0.15, 0.2) is 4.73 Å². The molecule has 0 bridgehead atoms. The summed E-state index contributed by atoms with van der Waals surface area (Å²) >= 11 is 3.22. The van der Waals surface area contributed by atoms with Gasteiger partial charge in [0.2, 0.25) is 0 Å². The molecule has 0 atom stereocenters. The summed E-state index contributed by atoms with van der Waals surface area (Å²) in [6.07, 6.45) is 3.87. The standard InChI is InChI=1S/C6H8BrN3/c7-6-8-5(9-10-6)4-2-1-3-4/h4H,1-3H2,(H,8,9,10). The van der Waals surface area contributed by atoms with E-state index in [1.165, 1.54) is 19.3 Å². The van der Waals surface area contributed by atoms with E-state index in [0.29, 0.717) is 5.92 Å². The van der Waals surface area contributed by atoms with Gasteiger partial charge in [0.25, 0.3) is 0 Å². The van der Waals surface area contributed by atoms with Crippen LogP contribution in [-0.2, 0) is 0 Å². The van der Waals surface area contributed by atoms with E-state index >= 15 is 0 Å². The first-order valence-electron chi connectivity index (χ1n) is 3.44. The molecule has 1 heterocycles. The molecule has 0 radical (unpaired) electrons. The van der Waals surface area contributed by atoms with E-state index in [0.717, 1.165) is 10.6 Å². The van der Waals surface area contributed by atoms with E-state index in [9.17, 15) is 0 Å². The van der Waals surface area contributed by atoms with Crippen LogP contribution in [-0.4, -0.2) is 15.2 Å². The Bertz CT molecular complexity index is 229. The smallest absolute Gasteiger partial charge is 0.197 e. The number of rotatable bonds is 1. The molecule has 0 aliphatic heterocycles. The van der Waals surface area contributed by atoms with Crippen molar-refractivity contribution < 1.29 is 0 Å². The summed E-state index contributed by atoms with van der Waals surface area (Å²) in [4.78, 5) is 3.07. The molecule has 2 rings (SSSR count). The maximum absolute atomic E-state index is 3.99. The van der Waals surface area contributed by atoms with Gasteiger partial charge in [0.05, 0.1) is 0 Å². The highest BCUT2D eigenvalue weighted by atomic mass is 79.9. The molecule has 1 saturated carbocycles. The summed E-state index contributed by atoms with van der Waals surface area (Å²) in [5, 5.41) is 7.82. The SMILES string of the molecule is Brc1nnc(C2CCC2)[nH]1. The average molecular weight is 202 g/mol. The van der Waals surface area contributed by atoms with Crippen LogP contribution in [0.2, 0.25) is 0 Å². The van der Waals surface area contributed by atoms with Crippen molar-refractivity contribution in [3.05, 3.63) is 10.6 Å². The summed E-state index contributed by atoms with van der Waals surface area (Å²) in [5.74, 6) is 1.69. The zero-order valence-corrected chi connectivity index (χ0v) is 7.06. The molecular formula is C6H8BrN3. The highest BCUT2D eigenvalue weighted by Gasteiger charge is 2.22. The molecule has 0 amide bonds. The number of aromatic nitrogens is 3. The van der Waals surface area contributed by atoms with Crippen LogP contribution in [0, 0.1) is 0 Å². The molecule has 1 aliphatic rings. The monoisotopic (exact) mass is 201 g/mol. The van der Waals surface area contributed by atoms with Crippen molar-refractivity contribution in [2.45, 2.75) is 25.2 Å². The minimum atomic E-state index is 0.652. The number of H-pyrrole nitrogens is 1. The van der Waals surface area contributed by atoms with Gasteiger partial charge >= 0.3 is 0 Å². The lowest BCUT2D eigenvalue weighted by atomic mass is 9.85. The van der Waals surface area contributed by atoms with Crippen LogP contribution in [0.5, 0.6) is 0 Å². The lowest BCUT2D eigenvalue weighted by molar-refractivity contribution is 0.402. The molecule has 0 aromatic carbocycles. The third kappa shape index (κ3) is 0.963. The molecule has 0 saturated heterocycles. The summed E-state index contributed by atoms with van der Waals surface area (Å²) < 4.78 is 0.745. The second-order valence-corrected chi connectivity index (χ2v) is 3.38. The highest BCUT2D eigenvalue weighted by Crippen LogP contribution is 2.34. The predicted octanol–water partition coefficient (Wildman–Crippen LogP) is 1.83. The van der Waals surface area contributed by atoms with E-state index in [-0.39, 0.29) is 0 Å². The minimum Gasteiger partial charge on any atom is -0.319 e. The number of halogens is 1. The number of hydrogen-bond donors (Lipinski definition) is 1. The molecule has 1 aromatic heterocycles. The Kier molecular flexibility index (Phi) is 1.48. The third-order valence-electron chi connectivity index (χ3n) is 1.97. The Hall–Kier alpha value is -0.380. The molecule has 1 N–H and O–H groups in total. The van der Waals surface area contributed by atoms with E-state index in [2.05, 4.69) is 31.1 Å². The maximum atomic E-state index is 3.99. The molecule has 3 nitrogen and oxygen atoms in total. The first-order valence-corrected chi connectivity index (χ1v) is 4.23. The molecule has 54 valence electrons. The predicted molar refractivity (Wildman–Crippen MR) is 40.7 cm³/mol. The molecule has 1 aromatic rings. The Labute approximate surface area is 67.4 Å². The first-order chi connectivity index (χ1) is 4.86. The molecule has 0 spiro atoms. The van der Waals surface area contributed by atoms with Gasteiger partial charge in [-0.25, -0.2) is 0 Å². The van der Waals surface area contributed by atoms with Crippen LogP contribution in [0.1, 0.15) is 31.0 Å². The number of nitrogens with one attached hydrogen (secondary N) is 1. The first kappa shape index (κ1) is 6.34. The summed E-state index contributed by atoms with van der Waals surface area (Å²) in [6, 6.07) is 0. The molecule has 1 fully saturated rings. The van der Waals surface area contributed by atoms with Gasteiger partial charge in [-0.15, -0.1) is 10.2 Å². The third-order valence-corrected chi connectivity index (χ3v) is 2.33. The molecular weight excluding hydrogens is 194 g/mol. The molecule has 0 unspecified atom stereocenters. The van der Waals surface area contributed by atoms with Gasteiger partial charge in [0, 0.05) is 5.92 Å². The Morgan fingerprint density at radius 2 is 2.20 bits per heavy atom. The minimum absolute atomic E-state index is 0.652. The zero-order chi connectivity index (χ0) is 6.97. The lowest BCUT2D eigenvalue weighted by Crippen LogP contribution is -2.10. The van der Waals surface area contributed by atoms with Crippen LogP contribution < -0.4 is 0 Å². The lowest BCUT2D eigenvalue weighted by Gasteiger charge is -2.21. The molecule has 10 heavy (non-hydrogen) atoms. The summed E-state index contributed by atoms with van der Waals surface area (Å²) in [7, 11) is 0. The molecule has 4 heteroatoms. The number of nitrogens with zero attached hydrogens (tertiary/aromatic N) is 2. The Balaban J connectivity index is 2.17. The van der Waals surface area contributed by atoms with Crippen molar-refractivity contribution in [2.24, 2.45) is 0 Å². The fraction of sp³-hybridized carbons (Fsp3) is 0.667. The van der Waals surface area contributed by atoms with Crippen molar-refractivity contribution in [1.29, 1.82) is 0 Å². The van der Waals surface area contributed by atoms with E-state index < -0.39 is 0 Å². The van der Waals surface area contributed by atoms with E-state index in [4.69, 9.17) is 0 Å². The van der Waals surface area contributed by atoms with Gasteiger partial charge in [-0.3, -0.25) is 0 Å². The van der Waals surface area contributed by atoms with Gasteiger partial charge in [-0.05, 0) is 28.8 Å². The fourth-order valence-electron chi connectivity index (χ4n) is 1.12. The molecule has 1 aliphatic carbocycles. The van der Waals surface area contributed by atoms with Crippen molar-refractivity contribution in [3.8, 4) is 0 Å². The second kappa shape index (κ2) is 2.34. The summed E-state index contributed by atoms with van der Waals surface area (Å²) in [6.45, 7) is 0. The normalized spacial score (nSPS) is 18.9. The zero-order valence-electron chi connectivity index (χ0n) is 5.47. The average Bonchev–Trinajstić information content (AvgIpc) is 2.10. The van der Waals surface area contributed by atoms with Crippen LogP contribution >= 0.6 is 15.9 Å². The van der Waals surface area contributed by atoms with Crippen LogP contribution in [0.3, 0.4) is 0 Å². The number of hydrogen-bond acceptors (Lipinski definition) is 2. The van der Waals surface area contributed by atoms with Crippen LogP contribution in [0.15, 0.2) is 4.73 Å². The second-order valence-electron chi connectivity index (χ2n) is 2.63. The van der Waals surface area contributed by atoms with Crippen LogP contribution in [0.25, 0.3) is 0 Å². The van der Waals surface area contributed by atoms with Crippen molar-refractivity contribution in [1.82, 2.24) is 15.2 Å². The number of aromatic amines is 1. The maximum Gasteiger partial charge on any atom is 0.197 e. The van der Waals surface area contributed by atoms with Crippen molar-refractivity contribution in [3.63, 3.8) is 0 Å². The van der Waals surface area contributed by atoms with Gasteiger partial charge in [-0.1, -0.05) is 6.42 Å². The Morgan fingerprint density at radius 1 is 1.40 bits per heavy atom. The van der Waals surface area contributed by atoms with Crippen molar-refractivity contribution >= 4 is 15.9 Å². The fourth-order valence-corrected chi connectivity index (χ4v) is 1.40.